The van der Waals surface area contributed by atoms with Gasteiger partial charge in [-0.15, -0.1) is 0 Å². The Bertz CT molecular complexity index is 937. The van der Waals surface area contributed by atoms with E-state index in [1.807, 2.05) is 0 Å². The van der Waals surface area contributed by atoms with E-state index in [0.717, 1.165) is 25.5 Å². The van der Waals surface area contributed by atoms with Gasteiger partial charge in [0, 0.05) is 26.1 Å². The van der Waals surface area contributed by atoms with E-state index in [-0.39, 0.29) is 28.8 Å². The number of carbonyl (C=O) groups is 3. The van der Waals surface area contributed by atoms with Crippen LogP contribution in [0.4, 0.5) is 13.2 Å². The molecule has 0 atom stereocenters. The molecule has 0 radical (unpaired) electrons. The summed E-state index contributed by atoms with van der Waals surface area (Å²) in [7, 11) is -3.18. The van der Waals surface area contributed by atoms with Crippen LogP contribution >= 0.6 is 0 Å². The highest BCUT2D eigenvalue weighted by atomic mass is 32.2. The zero-order valence-electron chi connectivity index (χ0n) is 16.1. The standard InChI is InChI=1S/C14H20N4O4S.C2HF3O2/c1-9(19)11-5-12(16-15-11)13(20)18-4-3-14(8-18)6-10(7-14)17-23(2,21)22;3-2(4,5)1(6)7/h5,10,17H,3-4,6-8H2,1-2H3,(H,15,16);(H,6,7). The normalized spacial score (nSPS) is 23.5. The fourth-order valence-electron chi connectivity index (χ4n) is 3.60. The van der Waals surface area contributed by atoms with Crippen LogP contribution < -0.4 is 4.72 Å². The molecule has 2 heterocycles. The van der Waals surface area contributed by atoms with Gasteiger partial charge in [0.15, 0.2) is 5.78 Å². The molecule has 0 bridgehead atoms. The van der Waals surface area contributed by atoms with Crippen molar-refractivity contribution in [2.75, 3.05) is 19.3 Å². The first-order valence-electron chi connectivity index (χ1n) is 8.75. The molecule has 1 aromatic rings. The summed E-state index contributed by atoms with van der Waals surface area (Å²) in [5, 5.41) is 13.6. The minimum atomic E-state index is -5.08. The number of hydrogen-bond donors (Lipinski definition) is 3. The highest BCUT2D eigenvalue weighted by Gasteiger charge is 2.50. The Morgan fingerprint density at radius 1 is 1.33 bits per heavy atom. The van der Waals surface area contributed by atoms with Crippen molar-refractivity contribution in [1.29, 1.82) is 0 Å². The number of aromatic amines is 1. The number of H-pyrrole nitrogens is 1. The van der Waals surface area contributed by atoms with Crippen molar-refractivity contribution in [3.05, 3.63) is 17.5 Å². The van der Waals surface area contributed by atoms with Crippen LogP contribution in [0.15, 0.2) is 6.07 Å². The van der Waals surface area contributed by atoms with E-state index in [0.29, 0.717) is 18.8 Å². The number of aromatic nitrogens is 2. The second-order valence-corrected chi connectivity index (χ2v) is 9.28. The molecule has 1 saturated heterocycles. The Hall–Kier alpha value is -2.48. The number of nitrogens with zero attached hydrogens (tertiary/aromatic N) is 2. The molecule has 10 nitrogen and oxygen atoms in total. The first kappa shape index (κ1) is 23.8. The van der Waals surface area contributed by atoms with Gasteiger partial charge in [0.05, 0.1) is 6.26 Å². The van der Waals surface area contributed by atoms with Gasteiger partial charge in [0.1, 0.15) is 11.4 Å². The van der Waals surface area contributed by atoms with Crippen LogP contribution in [0.25, 0.3) is 0 Å². The smallest absolute Gasteiger partial charge is 0.475 e. The Kier molecular flexibility index (Phi) is 6.61. The number of nitrogens with one attached hydrogen (secondary N) is 2. The lowest BCUT2D eigenvalue weighted by molar-refractivity contribution is -0.192. The molecule has 3 N–H and O–H groups in total. The quantitative estimate of drug-likeness (QED) is 0.569. The molecule has 1 spiro atoms. The number of alkyl halides is 3. The molecule has 2 fully saturated rings. The van der Waals surface area contributed by atoms with Gasteiger partial charge in [-0.3, -0.25) is 14.7 Å². The van der Waals surface area contributed by atoms with Gasteiger partial charge < -0.3 is 10.0 Å². The van der Waals surface area contributed by atoms with E-state index < -0.39 is 22.2 Å². The number of carbonyl (C=O) groups excluding carboxylic acids is 2. The van der Waals surface area contributed by atoms with Crippen LogP contribution in [0.5, 0.6) is 0 Å². The maximum Gasteiger partial charge on any atom is 0.490 e. The van der Waals surface area contributed by atoms with Gasteiger partial charge in [-0.2, -0.15) is 18.3 Å². The third kappa shape index (κ3) is 6.01. The largest absolute Gasteiger partial charge is 0.490 e. The van der Waals surface area contributed by atoms with Crippen LogP contribution in [0.1, 0.15) is 47.2 Å². The number of carboxylic acid groups (broad SMARTS) is 1. The van der Waals surface area contributed by atoms with Crippen LogP contribution in [0.3, 0.4) is 0 Å². The second kappa shape index (κ2) is 8.34. The molecule has 0 aromatic carbocycles. The maximum absolute atomic E-state index is 12.5. The van der Waals surface area contributed by atoms with Gasteiger partial charge in [0.25, 0.3) is 5.91 Å². The van der Waals surface area contributed by atoms with Crippen LogP contribution in [0.2, 0.25) is 0 Å². The number of hydrogen-bond acceptors (Lipinski definition) is 6. The van der Waals surface area contributed by atoms with E-state index >= 15 is 0 Å². The Morgan fingerprint density at radius 3 is 2.33 bits per heavy atom. The Balaban J connectivity index is 0.000000396. The molecular formula is C16H21F3N4O6S. The number of amides is 1. The Morgan fingerprint density at radius 2 is 1.90 bits per heavy atom. The number of aliphatic carboxylic acids is 1. The van der Waals surface area contributed by atoms with E-state index in [9.17, 15) is 31.2 Å². The van der Waals surface area contributed by atoms with E-state index in [2.05, 4.69) is 14.9 Å². The first-order chi connectivity index (χ1) is 13.6. The minimum absolute atomic E-state index is 0.0153. The maximum atomic E-state index is 12.5. The molecule has 3 rings (SSSR count). The van der Waals surface area contributed by atoms with Crippen molar-refractivity contribution in [3.63, 3.8) is 0 Å². The zero-order chi connectivity index (χ0) is 22.9. The average Bonchev–Trinajstić information content (AvgIpc) is 3.19. The second-order valence-electron chi connectivity index (χ2n) is 7.50. The van der Waals surface area contributed by atoms with E-state index in [4.69, 9.17) is 9.90 Å². The lowest BCUT2D eigenvalue weighted by Crippen LogP contribution is -2.51. The van der Waals surface area contributed by atoms with Crippen molar-refractivity contribution in [2.24, 2.45) is 5.41 Å². The number of sulfonamides is 1. The van der Waals surface area contributed by atoms with Crippen LogP contribution in [-0.4, -0.2) is 77.8 Å². The summed E-state index contributed by atoms with van der Waals surface area (Å²) in [6.07, 6.45) is -1.54. The number of halogens is 3. The van der Waals surface area contributed by atoms with Crippen LogP contribution in [0, 0.1) is 5.41 Å². The van der Waals surface area contributed by atoms with Crippen molar-refractivity contribution in [1.82, 2.24) is 19.8 Å². The molecule has 14 heteroatoms. The fraction of sp³-hybridized carbons (Fsp3) is 0.625. The van der Waals surface area contributed by atoms with Gasteiger partial charge in [-0.1, -0.05) is 0 Å². The summed E-state index contributed by atoms with van der Waals surface area (Å²) in [4.78, 5) is 34.3. The number of carboxylic acids is 1. The predicted octanol–water partition coefficient (Wildman–Crippen LogP) is 0.789. The zero-order valence-corrected chi connectivity index (χ0v) is 16.9. The molecule has 1 saturated carbocycles. The number of ketones is 1. The average molecular weight is 454 g/mol. The van der Waals surface area contributed by atoms with Gasteiger partial charge >= 0.3 is 12.1 Å². The summed E-state index contributed by atoms with van der Waals surface area (Å²) in [5.41, 5.74) is 0.585. The third-order valence-electron chi connectivity index (χ3n) is 4.88. The molecular weight excluding hydrogens is 433 g/mol. The summed E-state index contributed by atoms with van der Waals surface area (Å²) >= 11 is 0. The molecule has 0 unspecified atom stereocenters. The topological polar surface area (TPSA) is 150 Å². The highest BCUT2D eigenvalue weighted by Crippen LogP contribution is 2.48. The number of likely N-dealkylation sites (tertiary alicyclic amines) is 1. The third-order valence-corrected chi connectivity index (χ3v) is 5.64. The van der Waals surface area contributed by atoms with E-state index in [1.165, 1.54) is 13.0 Å². The van der Waals surface area contributed by atoms with Crippen molar-refractivity contribution in [3.8, 4) is 0 Å². The van der Waals surface area contributed by atoms with Crippen molar-refractivity contribution in [2.45, 2.75) is 38.4 Å². The minimum Gasteiger partial charge on any atom is -0.475 e. The monoisotopic (exact) mass is 454 g/mol. The lowest BCUT2D eigenvalue weighted by Gasteiger charge is -2.45. The first-order valence-corrected chi connectivity index (χ1v) is 10.6. The van der Waals surface area contributed by atoms with Crippen LogP contribution in [-0.2, 0) is 14.8 Å². The Labute approximate surface area is 169 Å². The predicted molar refractivity (Wildman–Crippen MR) is 96.2 cm³/mol. The van der Waals surface area contributed by atoms with E-state index in [1.54, 1.807) is 4.90 Å². The van der Waals surface area contributed by atoms with Crippen molar-refractivity contribution >= 4 is 27.7 Å². The summed E-state index contributed by atoms with van der Waals surface area (Å²) in [6.45, 7) is 2.65. The fourth-order valence-corrected chi connectivity index (χ4v) is 4.37. The molecule has 168 valence electrons. The van der Waals surface area contributed by atoms with Crippen molar-refractivity contribution < 1.29 is 41.1 Å². The SMILES string of the molecule is CC(=O)c1cc(C(=O)N2CCC3(CC(NS(C)(=O)=O)C3)C2)[nH]n1.O=C(O)C(F)(F)F. The summed E-state index contributed by atoms with van der Waals surface area (Å²) in [6, 6.07) is 1.45. The summed E-state index contributed by atoms with van der Waals surface area (Å²) in [5.74, 6) is -3.11. The molecule has 1 aromatic heterocycles. The van der Waals surface area contributed by atoms with Gasteiger partial charge in [-0.25, -0.2) is 17.9 Å². The number of rotatable bonds is 4. The molecule has 1 amide bonds. The lowest BCUT2D eigenvalue weighted by atomic mass is 9.65. The molecule has 2 aliphatic rings. The van der Waals surface area contributed by atoms with Gasteiger partial charge in [-0.05, 0) is 30.7 Å². The summed E-state index contributed by atoms with van der Waals surface area (Å²) < 4.78 is 56.8. The number of Topliss-reactive ketones (excluding diaryl/α,β-unsaturated/α-hetero) is 1. The molecule has 1 aliphatic carbocycles. The van der Waals surface area contributed by atoms with Gasteiger partial charge in [0.2, 0.25) is 10.0 Å². The molecule has 30 heavy (non-hydrogen) atoms. The highest BCUT2D eigenvalue weighted by molar-refractivity contribution is 7.88. The molecule has 1 aliphatic heterocycles.